The van der Waals surface area contributed by atoms with E-state index in [2.05, 4.69) is 5.32 Å². The number of carbonyl (C=O) groups excluding carboxylic acids is 3. The first-order valence-corrected chi connectivity index (χ1v) is 18.0. The van der Waals surface area contributed by atoms with Gasteiger partial charge >= 0.3 is 5.97 Å². The molecule has 8 nitrogen and oxygen atoms in total. The van der Waals surface area contributed by atoms with Crippen LogP contribution in [-0.2, 0) is 32.0 Å². The summed E-state index contributed by atoms with van der Waals surface area (Å²) in [6.07, 6.45) is 3.74. The monoisotopic (exact) mass is 739 g/mol. The maximum atomic E-state index is 14.6. The number of benzene rings is 3. The molecule has 2 atom stereocenters. The minimum atomic E-state index is -1.37. The zero-order chi connectivity index (χ0) is 37.6. The number of hydrogen-bond donors (Lipinski definition) is 1. The molecule has 0 unspecified atom stereocenters. The highest BCUT2D eigenvalue weighted by molar-refractivity contribution is 6.03. The Bertz CT molecular complexity index is 1870. The van der Waals surface area contributed by atoms with Crippen LogP contribution in [0, 0.1) is 29.1 Å². The van der Waals surface area contributed by atoms with E-state index >= 15 is 0 Å². The molecule has 0 spiro atoms. The third-order valence-electron chi connectivity index (χ3n) is 10.0. The second-order valence-electron chi connectivity index (χ2n) is 13.8. The van der Waals surface area contributed by atoms with Crippen molar-refractivity contribution in [3.05, 3.63) is 106 Å². The van der Waals surface area contributed by atoms with Gasteiger partial charge in [0.1, 0.15) is 0 Å². The lowest BCUT2D eigenvalue weighted by molar-refractivity contribution is -0.141. The second kappa shape index (κ2) is 16.9. The van der Waals surface area contributed by atoms with Gasteiger partial charge in [0.15, 0.2) is 29.0 Å². The summed E-state index contributed by atoms with van der Waals surface area (Å²) in [5.41, 5.74) is 3.31. The number of ether oxygens (including phenoxy) is 2. The summed E-state index contributed by atoms with van der Waals surface area (Å²) >= 11 is 0. The van der Waals surface area contributed by atoms with Gasteiger partial charge in [-0.25, -0.2) is 17.6 Å². The predicted molar refractivity (Wildman–Crippen MR) is 186 cm³/mol. The van der Waals surface area contributed by atoms with Crippen LogP contribution < -0.4 is 10.1 Å². The number of esters is 1. The number of fused-ring (bicyclic) bond motifs is 2. The van der Waals surface area contributed by atoms with Gasteiger partial charge in [0.2, 0.25) is 11.7 Å². The smallest absolute Gasteiger partial charge is 0.305 e. The normalized spacial score (nSPS) is 18.2. The van der Waals surface area contributed by atoms with Crippen LogP contribution in [0.5, 0.6) is 5.75 Å². The molecule has 2 aliphatic heterocycles. The first-order chi connectivity index (χ1) is 25.5. The van der Waals surface area contributed by atoms with Crippen molar-refractivity contribution in [2.45, 2.75) is 75.9 Å². The summed E-state index contributed by atoms with van der Waals surface area (Å²) in [5, 5.41) is 3.55. The standard InChI is InChI=1S/C40H42F5N3O5/c1-52-35(50)9-3-8-34(49)47-22-27-21-29(25-12-10-24(11-13-25)5-4-20-53-39-32(43)17-16-31(42)38(39)45)36(33(23-47)46-27)40(51)48(28-14-15-28)19-18-26-6-2-7-30(41)37(26)44/h2,6-7,10-13,16-17,27-28,33,46H,3-5,8-9,14-15,18-23H2,1H3/t27-,33-/m1/s1. The number of nitrogens with one attached hydrogen (secondary N) is 1. The Kier molecular flexibility index (Phi) is 12.1. The molecule has 3 aliphatic rings. The van der Waals surface area contributed by atoms with Crippen molar-refractivity contribution in [2.75, 3.05) is 33.4 Å². The Hall–Kier alpha value is -4.78. The van der Waals surface area contributed by atoms with Crippen molar-refractivity contribution in [3.63, 3.8) is 0 Å². The van der Waals surface area contributed by atoms with Crippen molar-refractivity contribution in [1.82, 2.24) is 15.1 Å². The molecule has 2 amide bonds. The van der Waals surface area contributed by atoms with Gasteiger partial charge in [-0.1, -0.05) is 36.4 Å². The van der Waals surface area contributed by atoms with Gasteiger partial charge in [-0.3, -0.25) is 14.4 Å². The lowest BCUT2D eigenvalue weighted by Gasteiger charge is -2.45. The fourth-order valence-electron chi connectivity index (χ4n) is 7.15. The maximum absolute atomic E-state index is 14.6. The van der Waals surface area contributed by atoms with Crippen LogP contribution in [-0.4, -0.2) is 79.1 Å². The number of nitrogens with zero attached hydrogens (tertiary/aromatic N) is 2. The number of halogens is 5. The Morgan fingerprint density at radius 2 is 1.58 bits per heavy atom. The number of hydrogen-bond acceptors (Lipinski definition) is 6. The van der Waals surface area contributed by atoms with E-state index < -0.39 is 40.9 Å². The summed E-state index contributed by atoms with van der Waals surface area (Å²) in [6, 6.07) is 12.5. The molecular formula is C40H42F5N3O5. The van der Waals surface area contributed by atoms with Gasteiger partial charge < -0.3 is 24.6 Å². The molecule has 0 radical (unpaired) electrons. The van der Waals surface area contributed by atoms with E-state index in [1.165, 1.54) is 19.2 Å². The van der Waals surface area contributed by atoms with Gasteiger partial charge in [-0.05, 0) is 85.4 Å². The average Bonchev–Trinajstić information content (AvgIpc) is 4.00. The van der Waals surface area contributed by atoms with E-state index in [4.69, 9.17) is 9.47 Å². The number of piperazine rings is 1. The van der Waals surface area contributed by atoms with E-state index in [9.17, 15) is 36.3 Å². The van der Waals surface area contributed by atoms with Gasteiger partial charge in [0.05, 0.1) is 19.8 Å². The zero-order valence-corrected chi connectivity index (χ0v) is 29.4. The number of carbonyl (C=O) groups is 3. The van der Waals surface area contributed by atoms with E-state index in [-0.39, 0.29) is 74.4 Å². The minimum Gasteiger partial charge on any atom is -0.488 e. The Morgan fingerprint density at radius 3 is 2.32 bits per heavy atom. The van der Waals surface area contributed by atoms with Crippen molar-refractivity contribution in [1.29, 1.82) is 0 Å². The molecule has 1 aliphatic carbocycles. The molecule has 2 heterocycles. The third kappa shape index (κ3) is 9.06. The van der Waals surface area contributed by atoms with Crippen molar-refractivity contribution < 1.29 is 45.8 Å². The summed E-state index contributed by atoms with van der Waals surface area (Å²) < 4.78 is 79.9. The minimum absolute atomic E-state index is 0.0354. The van der Waals surface area contributed by atoms with Crippen LogP contribution in [0.1, 0.15) is 61.6 Å². The summed E-state index contributed by atoms with van der Waals surface area (Å²) in [7, 11) is 1.30. The maximum Gasteiger partial charge on any atom is 0.305 e. The van der Waals surface area contributed by atoms with Gasteiger partial charge in [0, 0.05) is 50.1 Å². The summed E-state index contributed by atoms with van der Waals surface area (Å²) in [4.78, 5) is 43.0. The average molecular weight is 740 g/mol. The molecule has 1 N–H and O–H groups in total. The molecule has 13 heteroatoms. The molecule has 6 rings (SSSR count). The highest BCUT2D eigenvalue weighted by Crippen LogP contribution is 2.37. The van der Waals surface area contributed by atoms with Crippen molar-refractivity contribution in [3.8, 4) is 5.75 Å². The van der Waals surface area contributed by atoms with E-state index in [0.29, 0.717) is 43.9 Å². The fraction of sp³-hybridized carbons (Fsp3) is 0.425. The number of methoxy groups -OCH3 is 1. The van der Waals surface area contributed by atoms with Crippen LogP contribution >= 0.6 is 0 Å². The Labute approximate surface area is 304 Å². The highest BCUT2D eigenvalue weighted by Gasteiger charge is 2.43. The highest BCUT2D eigenvalue weighted by atomic mass is 19.2. The summed E-state index contributed by atoms with van der Waals surface area (Å²) in [6.45, 7) is 0.831. The SMILES string of the molecule is COC(=O)CCCC(=O)N1C[C@H]2CC(c3ccc(CCCOc4c(F)ccc(F)c4F)cc3)=C(C(=O)N(CCc3cccc(F)c3F)C3CC3)[C@@H](C1)N2. The van der Waals surface area contributed by atoms with E-state index in [1.54, 1.807) is 9.80 Å². The van der Waals surface area contributed by atoms with Gasteiger partial charge in [0.25, 0.3) is 5.91 Å². The van der Waals surface area contributed by atoms with Crippen LogP contribution in [0.3, 0.4) is 0 Å². The number of amides is 2. The first kappa shape index (κ1) is 38.0. The lowest BCUT2D eigenvalue weighted by atomic mass is 9.82. The third-order valence-corrected chi connectivity index (χ3v) is 10.0. The van der Waals surface area contributed by atoms with Crippen molar-refractivity contribution in [2.24, 2.45) is 0 Å². The molecule has 53 heavy (non-hydrogen) atoms. The van der Waals surface area contributed by atoms with Gasteiger partial charge in [-0.2, -0.15) is 4.39 Å². The first-order valence-electron chi connectivity index (χ1n) is 18.0. The van der Waals surface area contributed by atoms with Crippen LogP contribution in [0.25, 0.3) is 5.57 Å². The van der Waals surface area contributed by atoms with Crippen LogP contribution in [0.2, 0.25) is 0 Å². The van der Waals surface area contributed by atoms with Crippen LogP contribution in [0.4, 0.5) is 22.0 Å². The number of rotatable bonds is 15. The van der Waals surface area contributed by atoms with Crippen molar-refractivity contribution >= 4 is 23.4 Å². The second-order valence-corrected chi connectivity index (χ2v) is 13.8. The molecule has 2 fully saturated rings. The molecule has 3 aromatic carbocycles. The van der Waals surface area contributed by atoms with E-state index in [0.717, 1.165) is 41.7 Å². The number of aryl methyl sites for hydroxylation is 1. The predicted octanol–water partition coefficient (Wildman–Crippen LogP) is 6.30. The summed E-state index contributed by atoms with van der Waals surface area (Å²) in [5.74, 6) is -6.87. The molecule has 1 saturated carbocycles. The van der Waals surface area contributed by atoms with Gasteiger partial charge in [-0.15, -0.1) is 0 Å². The quantitative estimate of drug-likeness (QED) is 0.0853. The Balaban J connectivity index is 1.21. The zero-order valence-electron chi connectivity index (χ0n) is 29.4. The fourth-order valence-corrected chi connectivity index (χ4v) is 7.15. The molecule has 282 valence electrons. The van der Waals surface area contributed by atoms with E-state index in [1.807, 2.05) is 24.3 Å². The molecule has 1 saturated heterocycles. The Morgan fingerprint density at radius 1 is 0.849 bits per heavy atom. The molecular weight excluding hydrogens is 697 g/mol. The topological polar surface area (TPSA) is 88.2 Å². The molecule has 0 aromatic heterocycles. The molecule has 2 bridgehead atoms. The molecule has 3 aromatic rings. The van der Waals surface area contributed by atoms with Crippen LogP contribution in [0.15, 0.2) is 60.2 Å². The lowest BCUT2D eigenvalue weighted by Crippen LogP contribution is -2.62. The largest absolute Gasteiger partial charge is 0.488 e.